The molecule has 0 spiro atoms. The predicted octanol–water partition coefficient (Wildman–Crippen LogP) is 1.39. The normalized spacial score (nSPS) is 16.2. The van der Waals surface area contributed by atoms with E-state index in [0.29, 0.717) is 56.0 Å². The van der Waals surface area contributed by atoms with Gasteiger partial charge in [0.05, 0.1) is 16.4 Å². The summed E-state index contributed by atoms with van der Waals surface area (Å²) in [6.45, 7) is 3.74. The second-order valence-corrected chi connectivity index (χ2v) is 13.6. The number of guanidine groups is 1. The van der Waals surface area contributed by atoms with Gasteiger partial charge < -0.3 is 25.4 Å². The quantitative estimate of drug-likeness (QED) is 0.257. The highest BCUT2D eigenvalue weighted by molar-refractivity contribution is 8.10. The van der Waals surface area contributed by atoms with Crippen LogP contribution in [-0.4, -0.2) is 81.0 Å². The average Bonchev–Trinajstić information content (AvgIpc) is 2.88. The molecule has 13 nitrogen and oxygen atoms in total. The van der Waals surface area contributed by atoms with Crippen molar-refractivity contribution in [2.45, 2.75) is 43.7 Å². The van der Waals surface area contributed by atoms with Gasteiger partial charge in [-0.15, -0.1) is 0 Å². The highest BCUT2D eigenvalue weighted by Gasteiger charge is 2.38. The van der Waals surface area contributed by atoms with E-state index in [4.69, 9.17) is 21.3 Å². The van der Waals surface area contributed by atoms with E-state index in [-0.39, 0.29) is 32.9 Å². The van der Waals surface area contributed by atoms with Crippen LogP contribution in [-0.2, 0) is 37.8 Å². The molecule has 2 aliphatic heterocycles. The predicted molar refractivity (Wildman–Crippen MR) is 149 cm³/mol. The number of carbonyl (C=O) groups is 1. The Labute approximate surface area is 233 Å². The third-order valence-corrected chi connectivity index (χ3v) is 11.0. The van der Waals surface area contributed by atoms with Gasteiger partial charge in [0.25, 0.3) is 20.0 Å². The lowest BCUT2D eigenvalue weighted by Gasteiger charge is -2.32. The molecule has 0 radical (unpaired) electrons. The maximum Gasteiger partial charge on any atom is 0.320 e. The lowest BCUT2D eigenvalue weighted by molar-refractivity contribution is -0.134. The Bertz CT molecular complexity index is 1520. The number of rotatable bonds is 8. The molecule has 2 heterocycles. The van der Waals surface area contributed by atoms with Crippen LogP contribution in [0.15, 0.2) is 47.4 Å². The second-order valence-electron chi connectivity index (χ2n) is 9.72. The van der Waals surface area contributed by atoms with Gasteiger partial charge in [-0.25, -0.2) is 16.8 Å². The number of aliphatic carboxylic acids is 1. The van der Waals surface area contributed by atoms with Gasteiger partial charge in [0.15, 0.2) is 11.7 Å². The molecule has 2 aromatic rings. The van der Waals surface area contributed by atoms with Crippen LogP contribution in [0.4, 0.5) is 5.69 Å². The number of likely N-dealkylation sites (tertiary alicyclic amines) is 1. The molecule has 2 aromatic carbocycles. The number of nitrogens with one attached hydrogen (secondary N) is 2. The molecule has 40 heavy (non-hydrogen) atoms. The van der Waals surface area contributed by atoms with Gasteiger partial charge in [-0.2, -0.15) is 3.71 Å². The summed E-state index contributed by atoms with van der Waals surface area (Å²) in [6, 6.07) is 9.62. The van der Waals surface area contributed by atoms with E-state index >= 15 is 0 Å². The Morgan fingerprint density at radius 3 is 2.25 bits per heavy atom. The molecule has 5 N–H and O–H groups in total. The number of benzene rings is 2. The summed E-state index contributed by atoms with van der Waals surface area (Å²) in [6.07, 6.45) is 1.79. The molecule has 2 aliphatic rings. The Hall–Kier alpha value is -3.85. The highest BCUT2D eigenvalue weighted by Crippen LogP contribution is 2.32. The van der Waals surface area contributed by atoms with E-state index < -0.39 is 31.8 Å². The molecular weight excluding hydrogens is 560 g/mol. The van der Waals surface area contributed by atoms with Gasteiger partial charge in [0.1, 0.15) is 11.9 Å². The zero-order chi connectivity index (χ0) is 29.2. The van der Waals surface area contributed by atoms with Crippen LogP contribution in [0, 0.1) is 10.8 Å². The maximum absolute atomic E-state index is 13.7. The summed E-state index contributed by atoms with van der Waals surface area (Å²) in [7, 11) is -9.63. The molecule has 0 aliphatic carbocycles. The lowest BCUT2D eigenvalue weighted by Crippen LogP contribution is -2.41. The number of sulfonamides is 2. The average molecular weight is 593 g/mol. The number of fused-ring (bicyclic) bond motifs is 1. The third-order valence-electron chi connectivity index (χ3n) is 6.87. The lowest BCUT2D eigenvalue weighted by atomic mass is 9.99. The zero-order valence-corrected chi connectivity index (χ0v) is 23.5. The maximum atomic E-state index is 13.7. The van der Waals surface area contributed by atoms with Crippen molar-refractivity contribution >= 4 is 43.5 Å². The molecule has 0 unspecified atom stereocenters. The van der Waals surface area contributed by atoms with Gasteiger partial charge in [0.2, 0.25) is 0 Å². The molecule has 0 bridgehead atoms. The number of ether oxygens (including phenoxy) is 1. The Morgan fingerprint density at radius 2 is 1.68 bits per heavy atom. The summed E-state index contributed by atoms with van der Waals surface area (Å²) < 4.78 is 59.9. The molecule has 1 fully saturated rings. The van der Waals surface area contributed by atoms with Gasteiger partial charge >= 0.3 is 5.97 Å². The van der Waals surface area contributed by atoms with Gasteiger partial charge in [-0.05, 0) is 60.9 Å². The number of hydrogen-bond acceptors (Lipinski definition) is 8. The van der Waals surface area contributed by atoms with Crippen LogP contribution in [0.2, 0.25) is 0 Å². The van der Waals surface area contributed by atoms with Crippen molar-refractivity contribution in [2.24, 2.45) is 5.73 Å². The van der Waals surface area contributed by atoms with Crippen LogP contribution >= 0.6 is 0 Å². The molecule has 0 aromatic heterocycles. The van der Waals surface area contributed by atoms with E-state index in [1.165, 1.54) is 36.4 Å². The highest BCUT2D eigenvalue weighted by atomic mass is 32.3. The van der Waals surface area contributed by atoms with Crippen molar-refractivity contribution in [3.8, 4) is 5.75 Å². The fourth-order valence-corrected chi connectivity index (χ4v) is 8.35. The number of carboxylic acid groups (broad SMARTS) is 1. The fraction of sp³-hybridized carbons (Fsp3) is 0.400. The molecule has 0 atom stereocenters. The summed E-state index contributed by atoms with van der Waals surface area (Å²) in [4.78, 5) is 14.5. The van der Waals surface area contributed by atoms with Crippen molar-refractivity contribution < 1.29 is 31.5 Å². The molecular formula is C25H32N6O7S2. The first-order valence-corrected chi connectivity index (χ1v) is 15.6. The van der Waals surface area contributed by atoms with Crippen molar-refractivity contribution in [1.29, 1.82) is 10.8 Å². The third kappa shape index (κ3) is 6.31. The summed E-state index contributed by atoms with van der Waals surface area (Å²) in [5, 5.41) is 24.7. The van der Waals surface area contributed by atoms with Crippen molar-refractivity contribution in [3.63, 3.8) is 0 Å². The number of piperidine rings is 1. The van der Waals surface area contributed by atoms with Gasteiger partial charge in [-0.1, -0.05) is 6.07 Å². The van der Waals surface area contributed by atoms with Crippen LogP contribution in [0.25, 0.3) is 0 Å². The Morgan fingerprint density at radius 1 is 1.02 bits per heavy atom. The van der Waals surface area contributed by atoms with Gasteiger partial charge in [-0.3, -0.25) is 15.6 Å². The van der Waals surface area contributed by atoms with Crippen molar-refractivity contribution in [2.75, 3.05) is 29.1 Å². The Balaban J connectivity index is 1.63. The Kier molecular flexibility index (Phi) is 8.25. The number of nitrogens with two attached hydrogens (primary N) is 1. The number of nitrogens with zero attached hydrogens (tertiary/aromatic N) is 3. The summed E-state index contributed by atoms with van der Waals surface area (Å²) in [5.74, 6) is -2.41. The van der Waals surface area contributed by atoms with Crippen molar-refractivity contribution in [3.05, 3.63) is 53.6 Å². The first-order chi connectivity index (χ1) is 18.8. The molecule has 1 saturated heterocycles. The minimum Gasteiger partial charge on any atom is -0.490 e. The summed E-state index contributed by atoms with van der Waals surface area (Å²) >= 11 is 0. The number of anilines is 1. The molecule has 216 valence electrons. The van der Waals surface area contributed by atoms with Crippen LogP contribution in [0.3, 0.4) is 0 Å². The summed E-state index contributed by atoms with van der Waals surface area (Å²) in [5.41, 5.74) is 6.79. The minimum absolute atomic E-state index is 0.115. The molecule has 15 heteroatoms. The first kappa shape index (κ1) is 29.1. The smallest absolute Gasteiger partial charge is 0.320 e. The van der Waals surface area contributed by atoms with E-state index in [0.717, 1.165) is 5.56 Å². The second kappa shape index (κ2) is 11.3. The van der Waals surface area contributed by atoms with Crippen LogP contribution in [0.1, 0.15) is 30.9 Å². The number of hydrogen-bond donors (Lipinski definition) is 4. The molecule has 4 rings (SSSR count). The minimum atomic E-state index is -4.87. The topological polar surface area (TPSA) is 198 Å². The standard InChI is InChI=1S/C25H32N6O7S2/c1-17(26)29-12-9-22(10-13-29)38-21-4-6-23(7-5-21)40(36,37)31(39(34,35)16-24(32)33)20-3-2-18-8-11-30(25(27)28)15-19(18)14-20/h2-7,14,22,26H,8-13,15-16H2,1H3,(H3,27,28)(H,32,33). The van der Waals surface area contributed by atoms with E-state index in [2.05, 4.69) is 0 Å². The largest absolute Gasteiger partial charge is 0.490 e. The van der Waals surface area contributed by atoms with Crippen molar-refractivity contribution in [1.82, 2.24) is 9.80 Å². The number of carboxylic acids is 1. The van der Waals surface area contributed by atoms with Gasteiger partial charge in [0, 0.05) is 39.0 Å². The van der Waals surface area contributed by atoms with E-state index in [1.807, 2.05) is 4.90 Å². The van der Waals surface area contributed by atoms with E-state index in [1.54, 1.807) is 17.9 Å². The zero-order valence-electron chi connectivity index (χ0n) is 21.9. The molecule has 0 saturated carbocycles. The SMILES string of the molecule is CC(=N)N1CCC(Oc2ccc(S(=O)(=O)N(c3ccc4c(c3)CN(C(=N)N)CC4)S(=O)(=O)CC(=O)O)cc2)CC1. The first-order valence-electron chi connectivity index (χ1n) is 12.6. The van der Waals surface area contributed by atoms with Crippen LogP contribution in [0.5, 0.6) is 5.75 Å². The molecule has 0 amide bonds. The van der Waals surface area contributed by atoms with Crippen LogP contribution < -0.4 is 14.2 Å². The number of amidine groups is 1. The fourth-order valence-electron chi connectivity index (χ4n) is 4.81. The monoisotopic (exact) mass is 592 g/mol. The van der Waals surface area contributed by atoms with E-state index in [9.17, 15) is 26.7 Å².